The molecule has 0 aromatic heterocycles. The van der Waals surface area contributed by atoms with E-state index in [1.165, 1.54) is 44.6 Å². The van der Waals surface area contributed by atoms with Gasteiger partial charge in [0.1, 0.15) is 0 Å². The zero-order valence-corrected chi connectivity index (χ0v) is 10.2. The van der Waals surface area contributed by atoms with Gasteiger partial charge in [-0.05, 0) is 12.8 Å². The monoisotopic (exact) mass is 224 g/mol. The fraction of sp³-hybridized carbons (Fsp3) is 0.571. The van der Waals surface area contributed by atoms with Gasteiger partial charge in [0.2, 0.25) is 0 Å². The molecule has 92 valence electrons. The first kappa shape index (κ1) is 14.8. The number of hydrogen-bond acceptors (Lipinski definition) is 2. The lowest BCUT2D eigenvalue weighted by Crippen LogP contribution is -1.77. The molecule has 0 bridgehead atoms. The summed E-state index contributed by atoms with van der Waals surface area (Å²) >= 11 is 0. The smallest absolute Gasteiger partial charge is 0.274 e. The van der Waals surface area contributed by atoms with Gasteiger partial charge < -0.3 is 10.2 Å². The van der Waals surface area contributed by atoms with Crippen LogP contribution in [0.15, 0.2) is 36.3 Å². The third-order valence-electron chi connectivity index (χ3n) is 2.33. The first-order valence-corrected chi connectivity index (χ1v) is 6.18. The van der Waals surface area contributed by atoms with Crippen molar-refractivity contribution >= 4 is 0 Å². The molecule has 0 amide bonds. The molecule has 0 aromatic carbocycles. The van der Waals surface area contributed by atoms with Crippen LogP contribution in [0.5, 0.6) is 0 Å². The van der Waals surface area contributed by atoms with E-state index in [0.717, 1.165) is 6.42 Å². The van der Waals surface area contributed by atoms with E-state index in [4.69, 9.17) is 10.2 Å². The summed E-state index contributed by atoms with van der Waals surface area (Å²) in [5.41, 5.74) is 0. The minimum absolute atomic E-state index is 0.652. The van der Waals surface area contributed by atoms with Gasteiger partial charge in [-0.3, -0.25) is 0 Å². The Hall–Kier alpha value is -1.18. The molecule has 2 heteroatoms. The molecular formula is C14H24O2. The summed E-state index contributed by atoms with van der Waals surface area (Å²) in [6.45, 7) is 2.23. The summed E-state index contributed by atoms with van der Waals surface area (Å²) < 4.78 is 0. The zero-order chi connectivity index (χ0) is 12.1. The van der Waals surface area contributed by atoms with Crippen LogP contribution in [0.4, 0.5) is 0 Å². The Balaban J connectivity index is 3.28. The van der Waals surface area contributed by atoms with E-state index in [0.29, 0.717) is 0 Å². The Bertz CT molecular complexity index is 223. The Kier molecular flexibility index (Phi) is 11.0. The number of unbranched alkanes of at least 4 members (excludes halogenated alkanes) is 6. The average molecular weight is 224 g/mol. The van der Waals surface area contributed by atoms with Gasteiger partial charge in [-0.15, -0.1) is 0 Å². The van der Waals surface area contributed by atoms with E-state index >= 15 is 0 Å². The Morgan fingerprint density at radius 1 is 0.875 bits per heavy atom. The van der Waals surface area contributed by atoms with Crippen molar-refractivity contribution in [2.45, 2.75) is 51.9 Å². The van der Waals surface area contributed by atoms with Crippen molar-refractivity contribution in [2.24, 2.45) is 0 Å². The van der Waals surface area contributed by atoms with Crippen molar-refractivity contribution in [3.8, 4) is 0 Å². The molecule has 16 heavy (non-hydrogen) atoms. The molecule has 0 heterocycles. The Morgan fingerprint density at radius 3 is 2.25 bits per heavy atom. The van der Waals surface area contributed by atoms with E-state index in [-0.39, 0.29) is 0 Å². The largest absolute Gasteiger partial charge is 0.481 e. The molecule has 0 saturated heterocycles. The quantitative estimate of drug-likeness (QED) is 0.335. The second kappa shape index (κ2) is 11.9. The molecular weight excluding hydrogens is 200 g/mol. The van der Waals surface area contributed by atoms with Gasteiger partial charge in [0.25, 0.3) is 5.95 Å². The molecule has 0 aliphatic carbocycles. The maximum atomic E-state index is 8.44. The van der Waals surface area contributed by atoms with Gasteiger partial charge in [0.15, 0.2) is 0 Å². The van der Waals surface area contributed by atoms with E-state index in [1.807, 2.05) is 6.08 Å². The minimum atomic E-state index is -0.652. The molecule has 0 atom stereocenters. The number of aliphatic hydroxyl groups excluding tert-OH is 1. The molecule has 0 fully saturated rings. The van der Waals surface area contributed by atoms with Crippen molar-refractivity contribution in [1.29, 1.82) is 0 Å². The van der Waals surface area contributed by atoms with Gasteiger partial charge in [0, 0.05) is 6.08 Å². The predicted octanol–water partition coefficient (Wildman–Crippen LogP) is 4.81. The fourth-order valence-electron chi connectivity index (χ4n) is 1.42. The highest BCUT2D eigenvalue weighted by atomic mass is 16.5. The van der Waals surface area contributed by atoms with Gasteiger partial charge in [-0.25, -0.2) is 0 Å². The second-order valence-electron chi connectivity index (χ2n) is 3.89. The first-order chi connectivity index (χ1) is 7.77. The molecule has 0 spiro atoms. The van der Waals surface area contributed by atoms with Crippen LogP contribution in [0, 0.1) is 0 Å². The van der Waals surface area contributed by atoms with Gasteiger partial charge in [-0.2, -0.15) is 0 Å². The highest BCUT2D eigenvalue weighted by molar-refractivity contribution is 5.10. The lowest BCUT2D eigenvalue weighted by atomic mass is 10.1. The summed E-state index contributed by atoms with van der Waals surface area (Å²) in [5.74, 6) is -0.652. The van der Waals surface area contributed by atoms with Gasteiger partial charge in [0.05, 0.1) is 0 Å². The van der Waals surface area contributed by atoms with Crippen LogP contribution in [0.3, 0.4) is 0 Å². The lowest BCUT2D eigenvalue weighted by molar-refractivity contribution is 0.191. The summed E-state index contributed by atoms with van der Waals surface area (Å²) in [7, 11) is 0. The molecule has 2 N–H and O–H groups in total. The van der Waals surface area contributed by atoms with E-state index < -0.39 is 5.95 Å². The Morgan fingerprint density at radius 2 is 1.56 bits per heavy atom. The van der Waals surface area contributed by atoms with E-state index in [9.17, 15) is 0 Å². The van der Waals surface area contributed by atoms with Crippen LogP contribution in [0.2, 0.25) is 0 Å². The predicted molar refractivity (Wildman–Crippen MR) is 69.6 cm³/mol. The van der Waals surface area contributed by atoms with Crippen molar-refractivity contribution < 1.29 is 10.2 Å². The molecule has 2 nitrogen and oxygen atoms in total. The lowest BCUT2D eigenvalue weighted by Gasteiger charge is -1.97. The third kappa shape index (κ3) is 12.8. The number of hydrogen-bond donors (Lipinski definition) is 2. The van der Waals surface area contributed by atoms with Gasteiger partial charge >= 0.3 is 0 Å². The molecule has 0 aliphatic heterocycles. The van der Waals surface area contributed by atoms with Crippen molar-refractivity contribution in [1.82, 2.24) is 0 Å². The zero-order valence-electron chi connectivity index (χ0n) is 10.2. The standard InChI is InChI=1S/C14H24O2/c1-2-3-4-5-6-7-8-9-10-11-12-13-14(15)16/h9-13,15-16H,2-8H2,1H3. The van der Waals surface area contributed by atoms with Crippen LogP contribution in [-0.2, 0) is 0 Å². The van der Waals surface area contributed by atoms with Crippen LogP contribution in [0.25, 0.3) is 0 Å². The average Bonchev–Trinajstić information content (AvgIpc) is 2.25. The Labute approximate surface area is 99.0 Å². The SMILES string of the molecule is CCCCCCCCC=CC=CC=C(O)O. The molecule has 0 radical (unpaired) electrons. The molecule has 0 aromatic rings. The topological polar surface area (TPSA) is 40.5 Å². The van der Waals surface area contributed by atoms with Gasteiger partial charge in [-0.1, -0.05) is 63.3 Å². The van der Waals surface area contributed by atoms with Crippen LogP contribution < -0.4 is 0 Å². The van der Waals surface area contributed by atoms with Crippen LogP contribution >= 0.6 is 0 Å². The van der Waals surface area contributed by atoms with Crippen LogP contribution in [0.1, 0.15) is 51.9 Å². The third-order valence-corrected chi connectivity index (χ3v) is 2.33. The van der Waals surface area contributed by atoms with Crippen molar-refractivity contribution in [2.75, 3.05) is 0 Å². The van der Waals surface area contributed by atoms with Crippen LogP contribution in [-0.4, -0.2) is 10.2 Å². The summed E-state index contributed by atoms with van der Waals surface area (Å²) in [5, 5.41) is 16.9. The van der Waals surface area contributed by atoms with E-state index in [1.54, 1.807) is 12.2 Å². The van der Waals surface area contributed by atoms with Crippen molar-refractivity contribution in [3.05, 3.63) is 36.3 Å². The summed E-state index contributed by atoms with van der Waals surface area (Å²) in [6.07, 6.45) is 17.7. The fourth-order valence-corrected chi connectivity index (χ4v) is 1.42. The number of allylic oxidation sites excluding steroid dienone is 5. The normalized spacial score (nSPS) is 11.3. The maximum absolute atomic E-state index is 8.44. The molecule has 0 rings (SSSR count). The molecule has 0 saturated carbocycles. The number of aliphatic hydroxyl groups is 2. The first-order valence-electron chi connectivity index (χ1n) is 6.18. The second-order valence-corrected chi connectivity index (χ2v) is 3.89. The number of rotatable bonds is 9. The van der Waals surface area contributed by atoms with E-state index in [2.05, 4.69) is 13.0 Å². The molecule has 0 unspecified atom stereocenters. The van der Waals surface area contributed by atoms with Crippen molar-refractivity contribution in [3.63, 3.8) is 0 Å². The summed E-state index contributed by atoms with van der Waals surface area (Å²) in [4.78, 5) is 0. The highest BCUT2D eigenvalue weighted by Gasteiger charge is 1.87. The summed E-state index contributed by atoms with van der Waals surface area (Å²) in [6, 6.07) is 0. The maximum Gasteiger partial charge on any atom is 0.274 e. The molecule has 0 aliphatic rings. The highest BCUT2D eigenvalue weighted by Crippen LogP contribution is 2.07. The minimum Gasteiger partial charge on any atom is -0.481 e.